The number of aliphatic hydroxyl groups excluding tert-OH is 1. The molecule has 5 nitrogen and oxygen atoms in total. The van der Waals surface area contributed by atoms with Crippen LogP contribution in [0.1, 0.15) is 18.7 Å². The van der Waals surface area contributed by atoms with Crippen molar-refractivity contribution in [3.8, 4) is 0 Å². The van der Waals surface area contributed by atoms with Gasteiger partial charge in [-0.1, -0.05) is 11.6 Å². The highest BCUT2D eigenvalue weighted by atomic mass is 35.5. The van der Waals surface area contributed by atoms with Crippen LogP contribution in [0.2, 0.25) is 5.02 Å². The van der Waals surface area contributed by atoms with Gasteiger partial charge < -0.3 is 15.1 Å². The monoisotopic (exact) mass is 257 g/mol. The van der Waals surface area contributed by atoms with Gasteiger partial charge in [0, 0.05) is 13.1 Å². The number of aromatic nitrogens is 2. The molecule has 1 aromatic rings. The van der Waals surface area contributed by atoms with Crippen molar-refractivity contribution in [3.63, 3.8) is 0 Å². The summed E-state index contributed by atoms with van der Waals surface area (Å²) in [6.07, 6.45) is 2.62. The van der Waals surface area contributed by atoms with Crippen molar-refractivity contribution in [3.05, 3.63) is 17.0 Å². The predicted octanol–water partition coefficient (Wildman–Crippen LogP) is 0.762. The standard InChI is InChI=1S/C11H16ClN3O2/c1-8-13-6-9(12)10(14-8)15-4-2-11(17,7-16)3-5-15/h6,16-17H,2-5,7H2,1H3. The molecular weight excluding hydrogens is 242 g/mol. The summed E-state index contributed by atoms with van der Waals surface area (Å²) in [5.41, 5.74) is -0.953. The molecule has 0 bridgehead atoms. The molecule has 2 heterocycles. The molecule has 2 rings (SSSR count). The molecule has 1 aliphatic rings. The van der Waals surface area contributed by atoms with Crippen molar-refractivity contribution in [1.29, 1.82) is 0 Å². The third-order valence-electron chi connectivity index (χ3n) is 3.13. The number of aliphatic hydroxyl groups is 2. The first-order chi connectivity index (χ1) is 8.04. The third-order valence-corrected chi connectivity index (χ3v) is 3.40. The number of anilines is 1. The molecule has 2 N–H and O–H groups in total. The smallest absolute Gasteiger partial charge is 0.151 e. The van der Waals surface area contributed by atoms with E-state index >= 15 is 0 Å². The molecule has 0 aromatic carbocycles. The molecule has 94 valence electrons. The van der Waals surface area contributed by atoms with Crippen LogP contribution in [-0.2, 0) is 0 Å². The number of aryl methyl sites for hydroxylation is 1. The van der Waals surface area contributed by atoms with Crippen LogP contribution >= 0.6 is 11.6 Å². The minimum atomic E-state index is -0.953. The zero-order chi connectivity index (χ0) is 12.5. The van der Waals surface area contributed by atoms with Gasteiger partial charge in [-0.05, 0) is 19.8 Å². The van der Waals surface area contributed by atoms with Gasteiger partial charge in [0.25, 0.3) is 0 Å². The fourth-order valence-corrected chi connectivity index (χ4v) is 2.17. The number of hydrogen-bond acceptors (Lipinski definition) is 5. The highest BCUT2D eigenvalue weighted by Gasteiger charge is 2.32. The van der Waals surface area contributed by atoms with Crippen molar-refractivity contribution in [2.24, 2.45) is 0 Å². The molecule has 1 fully saturated rings. The molecule has 17 heavy (non-hydrogen) atoms. The van der Waals surface area contributed by atoms with Crippen molar-refractivity contribution in [2.45, 2.75) is 25.4 Å². The van der Waals surface area contributed by atoms with Crippen molar-refractivity contribution < 1.29 is 10.2 Å². The lowest BCUT2D eigenvalue weighted by atomic mass is 9.92. The largest absolute Gasteiger partial charge is 0.393 e. The molecule has 6 heteroatoms. The number of halogens is 1. The maximum atomic E-state index is 9.93. The number of hydrogen-bond donors (Lipinski definition) is 2. The summed E-state index contributed by atoms with van der Waals surface area (Å²) >= 11 is 6.06. The maximum Gasteiger partial charge on any atom is 0.151 e. The van der Waals surface area contributed by atoms with Gasteiger partial charge >= 0.3 is 0 Å². The van der Waals surface area contributed by atoms with Crippen LogP contribution in [0.5, 0.6) is 0 Å². The van der Waals surface area contributed by atoms with E-state index in [-0.39, 0.29) is 6.61 Å². The fraction of sp³-hybridized carbons (Fsp3) is 0.636. The Bertz CT molecular complexity index is 406. The van der Waals surface area contributed by atoms with Gasteiger partial charge in [-0.25, -0.2) is 9.97 Å². The van der Waals surface area contributed by atoms with E-state index < -0.39 is 5.60 Å². The topological polar surface area (TPSA) is 69.5 Å². The van der Waals surface area contributed by atoms with Crippen LogP contribution in [0.3, 0.4) is 0 Å². The molecule has 1 aliphatic heterocycles. The van der Waals surface area contributed by atoms with Crippen molar-refractivity contribution in [2.75, 3.05) is 24.6 Å². The average molecular weight is 258 g/mol. The lowest BCUT2D eigenvalue weighted by molar-refractivity contribution is -0.0326. The summed E-state index contributed by atoms with van der Waals surface area (Å²) in [5, 5.41) is 19.5. The van der Waals surface area contributed by atoms with E-state index in [1.807, 2.05) is 11.8 Å². The van der Waals surface area contributed by atoms with E-state index in [2.05, 4.69) is 9.97 Å². The van der Waals surface area contributed by atoms with Gasteiger partial charge in [0.15, 0.2) is 5.82 Å². The zero-order valence-electron chi connectivity index (χ0n) is 9.73. The molecule has 0 unspecified atom stereocenters. The molecule has 1 saturated heterocycles. The van der Waals surface area contributed by atoms with Crippen LogP contribution in [0.4, 0.5) is 5.82 Å². The number of rotatable bonds is 2. The predicted molar refractivity (Wildman–Crippen MR) is 65.3 cm³/mol. The van der Waals surface area contributed by atoms with Gasteiger partial charge in [0.1, 0.15) is 10.8 Å². The summed E-state index contributed by atoms with van der Waals surface area (Å²) < 4.78 is 0. The Kier molecular flexibility index (Phi) is 3.51. The molecule has 0 radical (unpaired) electrons. The second-order valence-electron chi connectivity index (χ2n) is 4.46. The quantitative estimate of drug-likeness (QED) is 0.819. The van der Waals surface area contributed by atoms with Gasteiger partial charge in [-0.3, -0.25) is 0 Å². The van der Waals surface area contributed by atoms with E-state index in [0.717, 1.165) is 0 Å². The molecule has 0 atom stereocenters. The Hall–Kier alpha value is -0.910. The molecule has 0 spiro atoms. The molecular formula is C11H16ClN3O2. The first kappa shape index (κ1) is 12.5. The van der Waals surface area contributed by atoms with E-state index in [0.29, 0.717) is 42.6 Å². The molecule has 0 amide bonds. The normalized spacial score (nSPS) is 19.4. The minimum absolute atomic E-state index is 0.197. The SMILES string of the molecule is Cc1ncc(Cl)c(N2CCC(O)(CO)CC2)n1. The van der Waals surface area contributed by atoms with E-state index in [4.69, 9.17) is 16.7 Å². The van der Waals surface area contributed by atoms with Gasteiger partial charge in [0.2, 0.25) is 0 Å². The van der Waals surface area contributed by atoms with Crippen LogP contribution in [0.25, 0.3) is 0 Å². The molecule has 0 saturated carbocycles. The van der Waals surface area contributed by atoms with Crippen LogP contribution in [-0.4, -0.2) is 45.5 Å². The average Bonchev–Trinajstić information content (AvgIpc) is 2.34. The fourth-order valence-electron chi connectivity index (χ4n) is 1.96. The van der Waals surface area contributed by atoms with E-state index in [1.165, 1.54) is 0 Å². The zero-order valence-corrected chi connectivity index (χ0v) is 10.5. The Morgan fingerprint density at radius 3 is 2.71 bits per heavy atom. The van der Waals surface area contributed by atoms with Crippen LogP contribution in [0.15, 0.2) is 6.20 Å². The maximum absolute atomic E-state index is 9.93. The van der Waals surface area contributed by atoms with Crippen molar-refractivity contribution in [1.82, 2.24) is 9.97 Å². The first-order valence-electron chi connectivity index (χ1n) is 5.61. The van der Waals surface area contributed by atoms with Crippen LogP contribution in [0, 0.1) is 6.92 Å². The highest BCUT2D eigenvalue weighted by Crippen LogP contribution is 2.28. The van der Waals surface area contributed by atoms with Crippen LogP contribution < -0.4 is 4.90 Å². The lowest BCUT2D eigenvalue weighted by Crippen LogP contribution is -2.47. The first-order valence-corrected chi connectivity index (χ1v) is 5.99. The van der Waals surface area contributed by atoms with Gasteiger partial charge in [-0.2, -0.15) is 0 Å². The Labute approximate surface area is 105 Å². The summed E-state index contributed by atoms with van der Waals surface area (Å²) in [5.74, 6) is 1.38. The van der Waals surface area contributed by atoms with Crippen molar-refractivity contribution >= 4 is 17.4 Å². The minimum Gasteiger partial charge on any atom is -0.393 e. The third kappa shape index (κ3) is 2.68. The Morgan fingerprint density at radius 2 is 2.12 bits per heavy atom. The second-order valence-corrected chi connectivity index (χ2v) is 4.87. The summed E-state index contributed by atoms with van der Waals surface area (Å²) in [7, 11) is 0. The van der Waals surface area contributed by atoms with Gasteiger partial charge in [0.05, 0.1) is 18.4 Å². The number of nitrogens with zero attached hydrogens (tertiary/aromatic N) is 3. The van der Waals surface area contributed by atoms with E-state index in [1.54, 1.807) is 6.20 Å². The second kappa shape index (κ2) is 4.76. The Balaban J connectivity index is 2.13. The molecule has 0 aliphatic carbocycles. The lowest BCUT2D eigenvalue weighted by Gasteiger charge is -2.37. The Morgan fingerprint density at radius 1 is 1.47 bits per heavy atom. The molecule has 1 aromatic heterocycles. The van der Waals surface area contributed by atoms with E-state index in [9.17, 15) is 5.11 Å². The summed E-state index contributed by atoms with van der Waals surface area (Å²) in [6, 6.07) is 0. The van der Waals surface area contributed by atoms with Gasteiger partial charge in [-0.15, -0.1) is 0 Å². The summed E-state index contributed by atoms with van der Waals surface area (Å²) in [4.78, 5) is 10.3. The number of piperidine rings is 1. The highest BCUT2D eigenvalue weighted by molar-refractivity contribution is 6.32. The summed E-state index contributed by atoms with van der Waals surface area (Å²) in [6.45, 7) is 2.88.